The van der Waals surface area contributed by atoms with Crippen molar-refractivity contribution in [3.05, 3.63) is 59.3 Å². The van der Waals surface area contributed by atoms with E-state index >= 15 is 0 Å². The number of nitrogens with zero attached hydrogens (tertiary/aromatic N) is 3. The maximum atomic E-state index is 5.16. The molecule has 0 unspecified atom stereocenters. The van der Waals surface area contributed by atoms with Crippen LogP contribution in [0.25, 0.3) is 0 Å². The Balaban J connectivity index is 0.00000300. The molecule has 2 heterocycles. The number of methoxy groups -OCH3 is 1. The largest absolute Gasteiger partial charge is 0.481 e. The molecule has 1 aliphatic rings. The topological polar surface area (TPSA) is 61.8 Å². The molecule has 0 spiro atoms. The number of likely N-dealkylation sites (tertiary alicyclic amines) is 1. The van der Waals surface area contributed by atoms with Crippen LogP contribution in [0.5, 0.6) is 5.88 Å². The van der Waals surface area contributed by atoms with Crippen LogP contribution < -0.4 is 15.4 Å². The predicted molar refractivity (Wildman–Crippen MR) is 129 cm³/mol. The molecule has 0 bridgehead atoms. The summed E-state index contributed by atoms with van der Waals surface area (Å²) >= 11 is 0. The summed E-state index contributed by atoms with van der Waals surface area (Å²) in [4.78, 5) is 11.2. The van der Waals surface area contributed by atoms with Gasteiger partial charge >= 0.3 is 0 Å². The number of aromatic nitrogens is 1. The Morgan fingerprint density at radius 2 is 1.69 bits per heavy atom. The number of benzene rings is 1. The normalized spacial score (nSPS) is 14.8. The van der Waals surface area contributed by atoms with Crippen LogP contribution in [0.4, 0.5) is 0 Å². The molecule has 0 amide bonds. The van der Waals surface area contributed by atoms with Gasteiger partial charge in [-0.05, 0) is 43.1 Å². The van der Waals surface area contributed by atoms with Crippen LogP contribution in [0.1, 0.15) is 36.1 Å². The van der Waals surface area contributed by atoms with E-state index in [1.165, 1.54) is 43.5 Å². The van der Waals surface area contributed by atoms with Gasteiger partial charge in [0, 0.05) is 26.2 Å². The number of nitrogens with one attached hydrogen (secondary N) is 2. The number of hydrogen-bond donors (Lipinski definition) is 2. The average molecular weight is 509 g/mol. The zero-order chi connectivity index (χ0) is 19.6. The SMILES string of the molecule is CN=C(NCc1ccc(CN2CCCCC2)cc1)NCc1cccc(OC)n1.I. The number of halogens is 1. The van der Waals surface area contributed by atoms with Crippen molar-refractivity contribution in [1.82, 2.24) is 20.5 Å². The molecule has 1 saturated heterocycles. The molecule has 0 saturated carbocycles. The van der Waals surface area contributed by atoms with Gasteiger partial charge in [-0.15, -0.1) is 24.0 Å². The maximum absolute atomic E-state index is 5.16. The van der Waals surface area contributed by atoms with E-state index in [1.807, 2.05) is 18.2 Å². The Labute approximate surface area is 191 Å². The number of ether oxygens (including phenoxy) is 1. The quantitative estimate of drug-likeness (QED) is 0.340. The molecule has 2 aromatic rings. The van der Waals surface area contributed by atoms with E-state index in [4.69, 9.17) is 4.74 Å². The van der Waals surface area contributed by atoms with Gasteiger partial charge in [0.1, 0.15) is 0 Å². The molecule has 1 fully saturated rings. The minimum Gasteiger partial charge on any atom is -0.481 e. The number of aliphatic imine (C=N–C) groups is 1. The monoisotopic (exact) mass is 509 g/mol. The van der Waals surface area contributed by atoms with Gasteiger partial charge < -0.3 is 15.4 Å². The first-order chi connectivity index (χ1) is 13.8. The molecule has 158 valence electrons. The molecule has 3 rings (SSSR count). The lowest BCUT2D eigenvalue weighted by atomic mass is 10.1. The molecule has 6 nitrogen and oxygen atoms in total. The van der Waals surface area contributed by atoms with Crippen LogP contribution in [0.2, 0.25) is 0 Å². The molecule has 1 aromatic heterocycles. The van der Waals surface area contributed by atoms with Crippen molar-refractivity contribution < 1.29 is 4.74 Å². The van der Waals surface area contributed by atoms with Gasteiger partial charge in [-0.25, -0.2) is 4.98 Å². The van der Waals surface area contributed by atoms with Gasteiger partial charge in [-0.2, -0.15) is 0 Å². The first-order valence-corrected chi connectivity index (χ1v) is 10.0. The first-order valence-electron chi connectivity index (χ1n) is 10.0. The highest BCUT2D eigenvalue weighted by Gasteiger charge is 2.10. The van der Waals surface area contributed by atoms with Crippen molar-refractivity contribution in [2.75, 3.05) is 27.2 Å². The standard InChI is InChI=1S/C22H31N5O.HI/c1-23-22(25-16-20-7-6-8-21(26-20)28-2)24-15-18-9-11-19(12-10-18)17-27-13-4-3-5-14-27;/h6-12H,3-5,13-17H2,1-2H3,(H2,23,24,25);1H. The van der Waals surface area contributed by atoms with E-state index in [9.17, 15) is 0 Å². The number of hydrogen-bond acceptors (Lipinski definition) is 4. The van der Waals surface area contributed by atoms with Gasteiger partial charge in [0.2, 0.25) is 5.88 Å². The summed E-state index contributed by atoms with van der Waals surface area (Å²) in [5.41, 5.74) is 3.53. The fourth-order valence-electron chi connectivity index (χ4n) is 3.39. The van der Waals surface area contributed by atoms with E-state index in [0.717, 1.165) is 24.7 Å². The van der Waals surface area contributed by atoms with Crippen LogP contribution in [-0.4, -0.2) is 43.1 Å². The third-order valence-corrected chi connectivity index (χ3v) is 4.99. The average Bonchev–Trinajstić information content (AvgIpc) is 2.76. The summed E-state index contributed by atoms with van der Waals surface area (Å²) in [6.45, 7) is 4.84. The van der Waals surface area contributed by atoms with Crippen molar-refractivity contribution in [1.29, 1.82) is 0 Å². The lowest BCUT2D eigenvalue weighted by Crippen LogP contribution is -2.36. The van der Waals surface area contributed by atoms with Crippen LogP contribution in [0.3, 0.4) is 0 Å². The number of rotatable bonds is 7. The van der Waals surface area contributed by atoms with Gasteiger partial charge in [0.05, 0.1) is 19.3 Å². The Bertz CT molecular complexity index is 760. The second kappa shape index (κ2) is 12.6. The Morgan fingerprint density at radius 1 is 1.00 bits per heavy atom. The second-order valence-corrected chi connectivity index (χ2v) is 7.10. The van der Waals surface area contributed by atoms with Crippen LogP contribution in [0.15, 0.2) is 47.5 Å². The number of pyridine rings is 1. The summed E-state index contributed by atoms with van der Waals surface area (Å²) in [6.07, 6.45) is 4.04. The molecule has 2 N–H and O–H groups in total. The molecular formula is C22H32IN5O. The molecule has 7 heteroatoms. The van der Waals surface area contributed by atoms with E-state index in [1.54, 1.807) is 14.2 Å². The van der Waals surface area contributed by atoms with Crippen molar-refractivity contribution >= 4 is 29.9 Å². The number of piperidine rings is 1. The summed E-state index contributed by atoms with van der Waals surface area (Å²) in [5, 5.41) is 6.64. The van der Waals surface area contributed by atoms with Crippen LogP contribution >= 0.6 is 24.0 Å². The fraction of sp³-hybridized carbons (Fsp3) is 0.455. The zero-order valence-electron chi connectivity index (χ0n) is 17.4. The Morgan fingerprint density at radius 3 is 2.38 bits per heavy atom. The Hall–Kier alpha value is -1.87. The highest BCUT2D eigenvalue weighted by molar-refractivity contribution is 14.0. The molecule has 1 aromatic carbocycles. The summed E-state index contributed by atoms with van der Waals surface area (Å²) in [6, 6.07) is 14.6. The summed E-state index contributed by atoms with van der Waals surface area (Å²) in [7, 11) is 3.40. The second-order valence-electron chi connectivity index (χ2n) is 7.10. The van der Waals surface area contributed by atoms with Crippen molar-refractivity contribution in [2.45, 2.75) is 38.9 Å². The lowest BCUT2D eigenvalue weighted by molar-refractivity contribution is 0.221. The number of guanidine groups is 1. The van der Waals surface area contributed by atoms with Crippen molar-refractivity contribution in [3.8, 4) is 5.88 Å². The minimum absolute atomic E-state index is 0. The summed E-state index contributed by atoms with van der Waals surface area (Å²) < 4.78 is 5.16. The molecule has 0 aliphatic carbocycles. The molecule has 29 heavy (non-hydrogen) atoms. The Kier molecular flexibility index (Phi) is 10.2. The van der Waals surface area contributed by atoms with Crippen molar-refractivity contribution in [2.24, 2.45) is 4.99 Å². The van der Waals surface area contributed by atoms with E-state index < -0.39 is 0 Å². The third kappa shape index (κ3) is 7.81. The maximum Gasteiger partial charge on any atom is 0.213 e. The summed E-state index contributed by atoms with van der Waals surface area (Å²) in [5.74, 6) is 1.37. The van der Waals surface area contributed by atoms with Gasteiger partial charge in [-0.1, -0.05) is 36.8 Å². The van der Waals surface area contributed by atoms with Gasteiger partial charge in [0.25, 0.3) is 0 Å². The van der Waals surface area contributed by atoms with Crippen LogP contribution in [-0.2, 0) is 19.6 Å². The highest BCUT2D eigenvalue weighted by atomic mass is 127. The van der Waals surface area contributed by atoms with E-state index in [2.05, 4.69) is 49.8 Å². The van der Waals surface area contributed by atoms with Gasteiger partial charge in [-0.3, -0.25) is 9.89 Å². The third-order valence-electron chi connectivity index (χ3n) is 4.99. The molecule has 0 atom stereocenters. The van der Waals surface area contributed by atoms with Crippen molar-refractivity contribution in [3.63, 3.8) is 0 Å². The van der Waals surface area contributed by atoms with Gasteiger partial charge in [0.15, 0.2) is 5.96 Å². The lowest BCUT2D eigenvalue weighted by Gasteiger charge is -2.26. The fourth-order valence-corrected chi connectivity index (χ4v) is 3.39. The van der Waals surface area contributed by atoms with E-state index in [-0.39, 0.29) is 24.0 Å². The molecule has 0 radical (unpaired) electrons. The minimum atomic E-state index is 0. The molecule has 1 aliphatic heterocycles. The van der Waals surface area contributed by atoms with Crippen LogP contribution in [0, 0.1) is 0 Å². The predicted octanol–water partition coefficient (Wildman–Crippen LogP) is 3.56. The zero-order valence-corrected chi connectivity index (χ0v) is 19.7. The van der Waals surface area contributed by atoms with E-state index in [0.29, 0.717) is 12.4 Å². The first kappa shape index (κ1) is 23.4. The smallest absolute Gasteiger partial charge is 0.213 e. The molecular weight excluding hydrogens is 477 g/mol. The highest BCUT2D eigenvalue weighted by Crippen LogP contribution is 2.13.